The number of nitro groups is 1. The Bertz CT molecular complexity index is 1560. The van der Waals surface area contributed by atoms with Crippen LogP contribution in [0.2, 0.25) is 0 Å². The highest BCUT2D eigenvalue weighted by Crippen LogP contribution is 2.26. The zero-order valence-electron chi connectivity index (χ0n) is 15.0. The number of aliphatic hydroxyl groups excluding tert-OH is 1. The number of hydrogen-bond acceptors (Lipinski definition) is 6. The second-order valence-electron chi connectivity index (χ2n) is 6.72. The zero-order chi connectivity index (χ0) is 20.1. The van der Waals surface area contributed by atoms with Gasteiger partial charge in [0, 0.05) is 10.6 Å². The maximum atomic E-state index is 11.0. The first-order valence-corrected chi connectivity index (χ1v) is 8.92. The van der Waals surface area contributed by atoms with Crippen LogP contribution in [0.1, 0.15) is 5.56 Å². The average Bonchev–Trinajstić information content (AvgIpc) is 3.38. The second kappa shape index (κ2) is 6.14. The molecule has 1 aromatic heterocycles. The number of fused-ring (bicyclic) bond motifs is 3. The highest BCUT2D eigenvalue weighted by atomic mass is 16.6. The molecule has 0 radical (unpaired) electrons. The third-order valence-corrected chi connectivity index (χ3v) is 5.23. The van der Waals surface area contributed by atoms with Gasteiger partial charge < -0.3 is 15.2 Å². The Morgan fingerprint density at radius 1 is 1.24 bits per heavy atom. The normalized spacial score (nSPS) is 13.8. The van der Waals surface area contributed by atoms with Crippen LogP contribution in [0.15, 0.2) is 53.5 Å². The van der Waals surface area contributed by atoms with E-state index in [9.17, 15) is 20.5 Å². The van der Waals surface area contributed by atoms with Gasteiger partial charge in [0.2, 0.25) is 0 Å². The minimum Gasteiger partial charge on any atom is -0.507 e. The van der Waals surface area contributed by atoms with E-state index >= 15 is 0 Å². The molecule has 5 rings (SSSR count). The van der Waals surface area contributed by atoms with E-state index in [1.54, 1.807) is 12.3 Å². The highest BCUT2D eigenvalue weighted by Gasteiger charge is 2.20. The van der Waals surface area contributed by atoms with Gasteiger partial charge in [-0.15, -0.1) is 0 Å². The van der Waals surface area contributed by atoms with Crippen molar-refractivity contribution in [3.05, 3.63) is 85.2 Å². The van der Waals surface area contributed by atoms with Crippen molar-refractivity contribution in [3.63, 3.8) is 0 Å². The van der Waals surface area contributed by atoms with E-state index in [-0.39, 0.29) is 17.3 Å². The van der Waals surface area contributed by atoms with Crippen LogP contribution in [0, 0.1) is 31.9 Å². The summed E-state index contributed by atoms with van der Waals surface area (Å²) in [6.45, 7) is 0.705. The maximum absolute atomic E-state index is 11.0. The van der Waals surface area contributed by atoms with Crippen molar-refractivity contribution >= 4 is 28.4 Å². The smallest absolute Gasteiger partial charge is 0.434 e. The first-order valence-electron chi connectivity index (χ1n) is 8.92. The van der Waals surface area contributed by atoms with E-state index in [1.807, 2.05) is 30.3 Å². The summed E-state index contributed by atoms with van der Waals surface area (Å²) >= 11 is 0. The summed E-state index contributed by atoms with van der Waals surface area (Å²) in [5.74, 6) is -0.205. The van der Waals surface area contributed by atoms with E-state index < -0.39 is 4.92 Å². The Hall–Kier alpha value is -4.25. The molecule has 0 bridgehead atoms. The number of aromatic nitrogens is 2. The number of benzene rings is 1. The van der Waals surface area contributed by atoms with Crippen LogP contribution < -0.4 is 10.6 Å². The summed E-state index contributed by atoms with van der Waals surface area (Å²) in [6.07, 6.45) is 4.60. The molecule has 1 heterocycles. The molecular formula is C21H13N5O3. The lowest BCUT2D eigenvalue weighted by Gasteiger charge is -2.01. The van der Waals surface area contributed by atoms with Crippen LogP contribution in [0.5, 0.6) is 0 Å². The van der Waals surface area contributed by atoms with Crippen LogP contribution in [0.25, 0.3) is 22.4 Å². The van der Waals surface area contributed by atoms with E-state index in [0.717, 1.165) is 37.3 Å². The van der Waals surface area contributed by atoms with Crippen LogP contribution in [-0.4, -0.2) is 26.1 Å². The fraction of sp³-hybridized carbons (Fsp3) is 0.0952. The molecule has 0 spiro atoms. The number of hydrogen-bond donors (Lipinski definition) is 1. The Morgan fingerprint density at radius 2 is 2.07 bits per heavy atom. The lowest BCUT2D eigenvalue weighted by Crippen LogP contribution is -2.10. The van der Waals surface area contributed by atoms with E-state index in [0.29, 0.717) is 13.1 Å². The largest absolute Gasteiger partial charge is 0.507 e. The first-order chi connectivity index (χ1) is 14.1. The Labute approximate surface area is 163 Å². The van der Waals surface area contributed by atoms with Gasteiger partial charge in [0.05, 0.1) is 18.4 Å². The molecule has 0 saturated heterocycles. The number of nitriles is 1. The van der Waals surface area contributed by atoms with Crippen LogP contribution in [0.4, 0.5) is 5.95 Å². The summed E-state index contributed by atoms with van der Waals surface area (Å²) in [5.41, 5.74) is 1.14. The Kier molecular flexibility index (Phi) is 3.57. The second-order valence-corrected chi connectivity index (χ2v) is 6.72. The molecule has 0 fully saturated rings. The molecule has 3 aliphatic carbocycles. The zero-order valence-corrected chi connectivity index (χ0v) is 15.0. The van der Waals surface area contributed by atoms with Gasteiger partial charge in [0.1, 0.15) is 29.8 Å². The van der Waals surface area contributed by atoms with Gasteiger partial charge in [-0.1, -0.05) is 29.2 Å². The van der Waals surface area contributed by atoms with Gasteiger partial charge in [0.25, 0.3) is 0 Å². The van der Waals surface area contributed by atoms with E-state index in [2.05, 4.69) is 16.0 Å². The monoisotopic (exact) mass is 383 g/mol. The SMILES string of the molecule is N#CC1=c2c(c3cccc4c(=NCCn5ccnc5[N+](=O)[O-])ccc2=c34)C=C1O. The lowest BCUT2D eigenvalue weighted by molar-refractivity contribution is -0.396. The third-order valence-electron chi connectivity index (χ3n) is 5.23. The predicted octanol–water partition coefficient (Wildman–Crippen LogP) is 2.01. The minimum absolute atomic E-state index is 0.00385. The average molecular weight is 383 g/mol. The number of imidazole rings is 1. The fourth-order valence-corrected chi connectivity index (χ4v) is 4.04. The molecule has 8 heteroatoms. The molecular weight excluding hydrogens is 370 g/mol. The third kappa shape index (κ3) is 2.38. The lowest BCUT2D eigenvalue weighted by atomic mass is 10.1. The van der Waals surface area contributed by atoms with Gasteiger partial charge in [0.15, 0.2) is 0 Å². The molecule has 0 aliphatic heterocycles. The molecule has 0 atom stereocenters. The minimum atomic E-state index is -0.515. The van der Waals surface area contributed by atoms with Gasteiger partial charge in [-0.05, 0) is 38.5 Å². The summed E-state index contributed by atoms with van der Waals surface area (Å²) in [6, 6.07) is 11.8. The number of rotatable bonds is 4. The van der Waals surface area contributed by atoms with Gasteiger partial charge in [-0.3, -0.25) is 4.99 Å². The summed E-state index contributed by atoms with van der Waals surface area (Å²) in [4.78, 5) is 18.8. The molecule has 2 aromatic rings. The molecule has 8 nitrogen and oxygen atoms in total. The van der Waals surface area contributed by atoms with Crippen molar-refractivity contribution < 1.29 is 10.0 Å². The molecule has 29 heavy (non-hydrogen) atoms. The van der Waals surface area contributed by atoms with E-state index in [4.69, 9.17) is 0 Å². The van der Waals surface area contributed by atoms with Crippen molar-refractivity contribution in [3.8, 4) is 6.07 Å². The van der Waals surface area contributed by atoms with Crippen molar-refractivity contribution in [1.29, 1.82) is 5.26 Å². The van der Waals surface area contributed by atoms with E-state index in [1.165, 1.54) is 10.8 Å². The molecule has 1 aromatic carbocycles. The fourth-order valence-electron chi connectivity index (χ4n) is 4.04. The highest BCUT2D eigenvalue weighted by molar-refractivity contribution is 5.94. The maximum Gasteiger partial charge on any atom is 0.434 e. The van der Waals surface area contributed by atoms with Gasteiger partial charge in [-0.25, -0.2) is 4.57 Å². The molecule has 1 N–H and O–H groups in total. The van der Waals surface area contributed by atoms with Crippen LogP contribution in [0.3, 0.4) is 0 Å². The quantitative estimate of drug-likeness (QED) is 0.427. The molecule has 0 unspecified atom stereocenters. The van der Waals surface area contributed by atoms with Crippen molar-refractivity contribution in [2.45, 2.75) is 6.54 Å². The summed E-state index contributed by atoms with van der Waals surface area (Å²) < 4.78 is 1.46. The van der Waals surface area contributed by atoms with Crippen molar-refractivity contribution in [1.82, 2.24) is 9.55 Å². The molecule has 0 amide bonds. The molecule has 140 valence electrons. The molecule has 0 saturated carbocycles. The predicted molar refractivity (Wildman–Crippen MR) is 105 cm³/mol. The van der Waals surface area contributed by atoms with Gasteiger partial charge in [-0.2, -0.15) is 5.26 Å². The summed E-state index contributed by atoms with van der Waals surface area (Å²) in [7, 11) is 0. The number of allylic oxidation sites excluding steroid dienone is 1. The standard InChI is InChI=1S/C21H13N5O3/c22-11-16-18(27)10-15-12-2-1-3-13-17(5-4-14(19(12)13)20(15)16)23-6-8-25-9-7-24-21(25)26(28)29/h1-5,7,9-10,27H,6,8H2. The van der Waals surface area contributed by atoms with Crippen LogP contribution >= 0.6 is 0 Å². The Balaban J connectivity index is 1.66. The topological polar surface area (TPSA) is 117 Å². The van der Waals surface area contributed by atoms with Gasteiger partial charge >= 0.3 is 5.95 Å². The Morgan fingerprint density at radius 3 is 2.86 bits per heavy atom. The van der Waals surface area contributed by atoms with Crippen molar-refractivity contribution in [2.75, 3.05) is 6.54 Å². The molecule has 3 aliphatic rings. The van der Waals surface area contributed by atoms with Crippen molar-refractivity contribution in [2.24, 2.45) is 4.99 Å². The first kappa shape index (κ1) is 16.9. The summed E-state index contributed by atoms with van der Waals surface area (Å²) in [5, 5.41) is 35.9. The number of aliphatic hydroxyl groups is 1. The van der Waals surface area contributed by atoms with Crippen LogP contribution in [-0.2, 0) is 6.54 Å². The number of nitrogens with zero attached hydrogens (tertiary/aromatic N) is 5.